The Morgan fingerprint density at radius 1 is 1.10 bits per heavy atom. The van der Waals surface area contributed by atoms with Crippen molar-refractivity contribution in [1.82, 2.24) is 15.2 Å². The van der Waals surface area contributed by atoms with Crippen molar-refractivity contribution < 1.29 is 22.4 Å². The third kappa shape index (κ3) is 4.54. The molecule has 0 atom stereocenters. The minimum atomic E-state index is -0.857. The SMILES string of the molecule is O=C(NCc1cccc(F)c1)c1nc2c(o1)CCN(Cc1cccc(F)c1F)CC2. The van der Waals surface area contributed by atoms with Crippen LogP contribution in [-0.2, 0) is 25.9 Å². The Hall–Kier alpha value is -3.13. The number of rotatable bonds is 5. The van der Waals surface area contributed by atoms with Crippen LogP contribution in [0.2, 0.25) is 0 Å². The van der Waals surface area contributed by atoms with Crippen LogP contribution in [0.25, 0.3) is 0 Å². The molecule has 4 rings (SSSR count). The van der Waals surface area contributed by atoms with Gasteiger partial charge >= 0.3 is 5.91 Å². The largest absolute Gasteiger partial charge is 0.437 e. The molecule has 0 bridgehead atoms. The zero-order valence-electron chi connectivity index (χ0n) is 16.1. The second-order valence-electron chi connectivity index (χ2n) is 7.19. The maximum absolute atomic E-state index is 13.9. The highest BCUT2D eigenvalue weighted by Gasteiger charge is 2.23. The number of oxazole rings is 1. The fraction of sp³-hybridized carbons (Fsp3) is 0.273. The molecule has 1 aliphatic heterocycles. The van der Waals surface area contributed by atoms with E-state index in [9.17, 15) is 18.0 Å². The van der Waals surface area contributed by atoms with Crippen LogP contribution in [0.4, 0.5) is 13.2 Å². The van der Waals surface area contributed by atoms with E-state index in [0.29, 0.717) is 48.5 Å². The van der Waals surface area contributed by atoms with E-state index < -0.39 is 17.5 Å². The van der Waals surface area contributed by atoms with Crippen LogP contribution < -0.4 is 5.32 Å². The highest BCUT2D eigenvalue weighted by Crippen LogP contribution is 2.20. The third-order valence-electron chi connectivity index (χ3n) is 5.06. The average Bonchev–Trinajstić information content (AvgIpc) is 3.05. The first-order valence-corrected chi connectivity index (χ1v) is 9.66. The summed E-state index contributed by atoms with van der Waals surface area (Å²) in [7, 11) is 0. The van der Waals surface area contributed by atoms with Crippen molar-refractivity contribution in [1.29, 1.82) is 0 Å². The molecular weight excluding hydrogens is 395 g/mol. The first-order valence-electron chi connectivity index (χ1n) is 9.66. The normalized spacial score (nSPS) is 14.2. The minimum absolute atomic E-state index is 0.0268. The number of halogens is 3. The predicted molar refractivity (Wildman–Crippen MR) is 103 cm³/mol. The fourth-order valence-corrected chi connectivity index (χ4v) is 3.48. The number of carbonyl (C=O) groups excluding carboxylic acids is 1. The van der Waals surface area contributed by atoms with Crippen LogP contribution in [0, 0.1) is 17.5 Å². The number of aromatic nitrogens is 1. The van der Waals surface area contributed by atoms with Gasteiger partial charge in [0.1, 0.15) is 11.6 Å². The molecule has 1 aliphatic rings. The lowest BCUT2D eigenvalue weighted by atomic mass is 10.2. The van der Waals surface area contributed by atoms with E-state index in [0.717, 1.165) is 6.07 Å². The van der Waals surface area contributed by atoms with Gasteiger partial charge in [-0.25, -0.2) is 18.2 Å². The van der Waals surface area contributed by atoms with Crippen LogP contribution >= 0.6 is 0 Å². The highest BCUT2D eigenvalue weighted by atomic mass is 19.2. The highest BCUT2D eigenvalue weighted by molar-refractivity contribution is 5.89. The molecule has 0 aliphatic carbocycles. The van der Waals surface area contributed by atoms with Crippen LogP contribution in [0.5, 0.6) is 0 Å². The van der Waals surface area contributed by atoms with Gasteiger partial charge in [0.05, 0.1) is 5.69 Å². The van der Waals surface area contributed by atoms with Crippen LogP contribution in [-0.4, -0.2) is 28.9 Å². The smallest absolute Gasteiger partial charge is 0.307 e. The summed E-state index contributed by atoms with van der Waals surface area (Å²) in [5.41, 5.74) is 1.63. The van der Waals surface area contributed by atoms with E-state index in [1.54, 1.807) is 18.2 Å². The monoisotopic (exact) mass is 415 g/mol. The quantitative estimate of drug-likeness (QED) is 0.692. The van der Waals surface area contributed by atoms with Crippen molar-refractivity contribution in [3.05, 3.63) is 88.4 Å². The Morgan fingerprint density at radius 3 is 2.73 bits per heavy atom. The second kappa shape index (κ2) is 8.71. The summed E-state index contributed by atoms with van der Waals surface area (Å²) < 4.78 is 46.2. The Bertz CT molecular complexity index is 1040. The lowest BCUT2D eigenvalue weighted by Crippen LogP contribution is -2.27. The van der Waals surface area contributed by atoms with Crippen molar-refractivity contribution in [3.8, 4) is 0 Å². The topological polar surface area (TPSA) is 58.4 Å². The van der Waals surface area contributed by atoms with E-state index in [4.69, 9.17) is 4.42 Å². The van der Waals surface area contributed by atoms with Crippen molar-refractivity contribution >= 4 is 5.91 Å². The van der Waals surface area contributed by atoms with Gasteiger partial charge in [-0.05, 0) is 23.8 Å². The Kier molecular flexibility index (Phi) is 5.85. The van der Waals surface area contributed by atoms with Gasteiger partial charge in [-0.1, -0.05) is 24.3 Å². The summed E-state index contributed by atoms with van der Waals surface area (Å²) in [5.74, 6) is -1.93. The van der Waals surface area contributed by atoms with Gasteiger partial charge in [0.15, 0.2) is 11.6 Å². The summed E-state index contributed by atoms with van der Waals surface area (Å²) >= 11 is 0. The molecule has 0 unspecified atom stereocenters. The Morgan fingerprint density at radius 2 is 1.90 bits per heavy atom. The molecule has 156 valence electrons. The molecule has 1 aromatic heterocycles. The molecule has 0 saturated heterocycles. The van der Waals surface area contributed by atoms with Crippen molar-refractivity contribution in [2.45, 2.75) is 25.9 Å². The number of fused-ring (bicyclic) bond motifs is 1. The van der Waals surface area contributed by atoms with E-state index in [1.165, 1.54) is 18.2 Å². The van der Waals surface area contributed by atoms with E-state index in [-0.39, 0.29) is 24.8 Å². The van der Waals surface area contributed by atoms with Crippen molar-refractivity contribution in [3.63, 3.8) is 0 Å². The Labute approximate surface area is 171 Å². The van der Waals surface area contributed by atoms with Crippen LogP contribution in [0.15, 0.2) is 46.9 Å². The predicted octanol–water partition coefficient (Wildman–Crippen LogP) is 3.62. The van der Waals surface area contributed by atoms with Crippen molar-refractivity contribution in [2.24, 2.45) is 0 Å². The number of carbonyl (C=O) groups is 1. The average molecular weight is 415 g/mol. The third-order valence-corrected chi connectivity index (χ3v) is 5.06. The van der Waals surface area contributed by atoms with Crippen molar-refractivity contribution in [2.75, 3.05) is 13.1 Å². The lowest BCUT2D eigenvalue weighted by Gasteiger charge is -2.20. The maximum atomic E-state index is 13.9. The van der Waals surface area contributed by atoms with Gasteiger partial charge in [0.2, 0.25) is 0 Å². The molecule has 30 heavy (non-hydrogen) atoms. The van der Waals surface area contributed by atoms with Gasteiger partial charge < -0.3 is 9.73 Å². The number of nitrogens with zero attached hydrogens (tertiary/aromatic N) is 2. The van der Waals surface area contributed by atoms with Gasteiger partial charge in [-0.3, -0.25) is 9.69 Å². The van der Waals surface area contributed by atoms with E-state index in [1.807, 2.05) is 4.90 Å². The second-order valence-corrected chi connectivity index (χ2v) is 7.19. The summed E-state index contributed by atoms with van der Waals surface area (Å²) in [5, 5.41) is 2.67. The zero-order chi connectivity index (χ0) is 21.1. The molecule has 0 radical (unpaired) electrons. The lowest BCUT2D eigenvalue weighted by molar-refractivity contribution is 0.0914. The zero-order valence-corrected chi connectivity index (χ0v) is 16.1. The standard InChI is InChI=1S/C22H20F3N3O2/c23-16-5-1-3-14(11-16)12-26-21(29)22-27-18-7-9-28(10-8-19(18)30-22)13-15-4-2-6-17(24)20(15)25/h1-6,11H,7-10,12-13H2,(H,26,29). The molecule has 0 fully saturated rings. The number of hydrogen-bond donors (Lipinski definition) is 1. The first kappa shape index (κ1) is 20.2. The number of hydrogen-bond acceptors (Lipinski definition) is 4. The summed E-state index contributed by atoms with van der Waals surface area (Å²) in [6.07, 6.45) is 1.05. The molecule has 1 N–H and O–H groups in total. The van der Waals surface area contributed by atoms with Crippen LogP contribution in [0.1, 0.15) is 33.3 Å². The number of benzene rings is 2. The van der Waals surface area contributed by atoms with Gasteiger partial charge in [-0.2, -0.15) is 0 Å². The Balaban J connectivity index is 1.36. The molecule has 2 aromatic carbocycles. The fourth-order valence-electron chi connectivity index (χ4n) is 3.48. The maximum Gasteiger partial charge on any atom is 0.307 e. The minimum Gasteiger partial charge on any atom is -0.437 e. The molecular formula is C22H20F3N3O2. The van der Waals surface area contributed by atoms with E-state index in [2.05, 4.69) is 10.3 Å². The molecule has 8 heteroatoms. The summed E-state index contributed by atoms with van der Waals surface area (Å²) in [6, 6.07) is 10.1. The van der Waals surface area contributed by atoms with Gasteiger partial charge in [-0.15, -0.1) is 0 Å². The molecule has 0 spiro atoms. The first-order chi connectivity index (χ1) is 14.5. The van der Waals surface area contributed by atoms with Crippen LogP contribution in [0.3, 0.4) is 0 Å². The summed E-state index contributed by atoms with van der Waals surface area (Å²) in [4.78, 5) is 18.6. The molecule has 3 aromatic rings. The number of amides is 1. The summed E-state index contributed by atoms with van der Waals surface area (Å²) in [6.45, 7) is 1.60. The number of nitrogens with one attached hydrogen (secondary N) is 1. The molecule has 2 heterocycles. The molecule has 1 amide bonds. The molecule has 5 nitrogen and oxygen atoms in total. The van der Waals surface area contributed by atoms with E-state index >= 15 is 0 Å². The van der Waals surface area contributed by atoms with Gasteiger partial charge in [0.25, 0.3) is 5.89 Å². The van der Waals surface area contributed by atoms with Gasteiger partial charge in [0, 0.05) is 44.6 Å². The molecule has 0 saturated carbocycles.